The number of hydrogen-bond acceptors (Lipinski definition) is 3. The fraction of sp³-hybridized carbons (Fsp3) is 0.923. The Morgan fingerprint density at radius 2 is 1.95 bits per heavy atom. The van der Waals surface area contributed by atoms with Crippen molar-refractivity contribution in [1.29, 1.82) is 0 Å². The van der Waals surface area contributed by atoms with Crippen molar-refractivity contribution < 1.29 is 8.42 Å². The molecule has 5 nitrogen and oxygen atoms in total. The molecule has 0 amide bonds. The fourth-order valence-corrected chi connectivity index (χ4v) is 5.31. The van der Waals surface area contributed by atoms with Crippen molar-refractivity contribution in [2.45, 2.75) is 57.4 Å². The second-order valence-electron chi connectivity index (χ2n) is 6.22. The number of rotatable bonds is 4. The van der Waals surface area contributed by atoms with Crippen LogP contribution < -0.4 is 10.5 Å². The highest BCUT2D eigenvalue weighted by atomic mass is 32.2. The van der Waals surface area contributed by atoms with E-state index in [0.29, 0.717) is 31.8 Å². The molecular weight excluding hydrogens is 294 g/mol. The zero-order chi connectivity index (χ0) is 14.8. The van der Waals surface area contributed by atoms with E-state index in [-0.39, 0.29) is 4.99 Å². The molecule has 3 N–H and O–H groups in total. The van der Waals surface area contributed by atoms with Crippen LogP contribution >= 0.6 is 12.2 Å². The normalized spacial score (nSPS) is 28.1. The van der Waals surface area contributed by atoms with Crippen LogP contribution in [-0.4, -0.2) is 36.3 Å². The second-order valence-corrected chi connectivity index (χ2v) is 8.33. The standard InChI is InChI=1S/C13H25N3O2S2/c1-11-6-5-9-16(10-11)20(17,18)15-13(12(14)19)7-3-2-4-8-13/h11,15H,2-10H2,1H3,(H2,14,19). The smallest absolute Gasteiger partial charge is 0.280 e. The molecule has 2 aliphatic rings. The Morgan fingerprint density at radius 1 is 1.30 bits per heavy atom. The van der Waals surface area contributed by atoms with Crippen LogP contribution in [0, 0.1) is 5.92 Å². The lowest BCUT2D eigenvalue weighted by atomic mass is 9.82. The molecule has 0 spiro atoms. The summed E-state index contributed by atoms with van der Waals surface area (Å²) in [5.41, 5.74) is 5.14. The van der Waals surface area contributed by atoms with Crippen molar-refractivity contribution >= 4 is 27.4 Å². The molecule has 0 radical (unpaired) electrons. The summed E-state index contributed by atoms with van der Waals surface area (Å²) in [5.74, 6) is 0.410. The maximum Gasteiger partial charge on any atom is 0.280 e. The lowest BCUT2D eigenvalue weighted by molar-refractivity contribution is 0.268. The van der Waals surface area contributed by atoms with Gasteiger partial charge in [0.1, 0.15) is 0 Å². The van der Waals surface area contributed by atoms with Crippen molar-refractivity contribution in [2.75, 3.05) is 13.1 Å². The number of hydrogen-bond donors (Lipinski definition) is 2. The third kappa shape index (κ3) is 3.50. The van der Waals surface area contributed by atoms with Gasteiger partial charge in [0, 0.05) is 13.1 Å². The van der Waals surface area contributed by atoms with E-state index in [2.05, 4.69) is 11.6 Å². The summed E-state index contributed by atoms with van der Waals surface area (Å²) in [5, 5.41) is 0. The van der Waals surface area contributed by atoms with E-state index in [4.69, 9.17) is 18.0 Å². The van der Waals surface area contributed by atoms with Gasteiger partial charge in [-0.15, -0.1) is 0 Å². The molecule has 116 valence electrons. The first-order valence-electron chi connectivity index (χ1n) is 7.45. The minimum atomic E-state index is -3.50. The van der Waals surface area contributed by atoms with Gasteiger partial charge in [-0.1, -0.05) is 38.4 Å². The lowest BCUT2D eigenvalue weighted by Crippen LogP contribution is -2.61. The molecule has 20 heavy (non-hydrogen) atoms. The second kappa shape index (κ2) is 6.25. The van der Waals surface area contributed by atoms with Crippen molar-refractivity contribution in [3.63, 3.8) is 0 Å². The van der Waals surface area contributed by atoms with Crippen molar-refractivity contribution in [3.05, 3.63) is 0 Å². The summed E-state index contributed by atoms with van der Waals surface area (Å²) >= 11 is 5.15. The highest BCUT2D eigenvalue weighted by Crippen LogP contribution is 2.30. The van der Waals surface area contributed by atoms with Gasteiger partial charge in [-0.2, -0.15) is 17.4 Å². The van der Waals surface area contributed by atoms with E-state index >= 15 is 0 Å². The molecule has 2 rings (SSSR count). The summed E-state index contributed by atoms with van der Waals surface area (Å²) in [6.07, 6.45) is 6.49. The molecule has 1 saturated carbocycles. The zero-order valence-corrected chi connectivity index (χ0v) is 13.7. The molecule has 0 aromatic rings. The predicted octanol–water partition coefficient (Wildman–Crippen LogP) is 1.54. The molecule has 2 fully saturated rings. The molecule has 1 aliphatic heterocycles. The van der Waals surface area contributed by atoms with Gasteiger partial charge in [0.05, 0.1) is 10.5 Å². The molecule has 1 atom stereocenters. The highest BCUT2D eigenvalue weighted by molar-refractivity contribution is 7.87. The Kier molecular flexibility index (Phi) is 5.05. The SMILES string of the molecule is CC1CCCN(S(=O)(=O)NC2(C(N)=S)CCCCC2)C1. The van der Waals surface area contributed by atoms with Gasteiger partial charge in [0.2, 0.25) is 0 Å². The third-order valence-corrected chi connectivity index (χ3v) is 6.51. The first-order chi connectivity index (χ1) is 9.36. The fourth-order valence-electron chi connectivity index (χ4n) is 3.23. The third-order valence-electron chi connectivity index (χ3n) is 4.46. The van der Waals surface area contributed by atoms with Crippen LogP contribution in [0.25, 0.3) is 0 Å². The first-order valence-corrected chi connectivity index (χ1v) is 9.29. The number of piperidine rings is 1. The van der Waals surface area contributed by atoms with Crippen LogP contribution in [0.5, 0.6) is 0 Å². The Bertz CT molecular complexity index is 458. The Hall–Kier alpha value is -0.240. The van der Waals surface area contributed by atoms with Crippen LogP contribution in [0.4, 0.5) is 0 Å². The number of nitrogens with two attached hydrogens (primary N) is 1. The number of thiocarbonyl (C=S) groups is 1. The molecular formula is C13H25N3O2S2. The van der Waals surface area contributed by atoms with E-state index in [1.54, 1.807) is 4.31 Å². The molecule has 0 aromatic heterocycles. The van der Waals surface area contributed by atoms with Gasteiger partial charge in [-0.25, -0.2) is 0 Å². The number of nitrogens with one attached hydrogen (secondary N) is 1. The summed E-state index contributed by atoms with van der Waals surface area (Å²) in [6.45, 7) is 3.27. The zero-order valence-electron chi connectivity index (χ0n) is 12.1. The summed E-state index contributed by atoms with van der Waals surface area (Å²) in [7, 11) is -3.50. The topological polar surface area (TPSA) is 75.4 Å². The van der Waals surface area contributed by atoms with Crippen molar-refractivity contribution in [2.24, 2.45) is 11.7 Å². The van der Waals surface area contributed by atoms with E-state index in [1.165, 1.54) is 0 Å². The first kappa shape index (κ1) is 16.1. The van der Waals surface area contributed by atoms with Crippen LogP contribution in [0.2, 0.25) is 0 Å². The molecule has 1 saturated heterocycles. The summed E-state index contributed by atoms with van der Waals surface area (Å²) in [4.78, 5) is 0.283. The average molecular weight is 319 g/mol. The Morgan fingerprint density at radius 3 is 2.50 bits per heavy atom. The maximum absolute atomic E-state index is 12.6. The molecule has 0 aromatic carbocycles. The quantitative estimate of drug-likeness (QED) is 0.771. The Labute approximate surface area is 127 Å². The average Bonchev–Trinajstić information content (AvgIpc) is 2.39. The van der Waals surface area contributed by atoms with Crippen LogP contribution in [0.15, 0.2) is 0 Å². The molecule has 1 aliphatic carbocycles. The maximum atomic E-state index is 12.6. The van der Waals surface area contributed by atoms with Gasteiger partial charge in [0.25, 0.3) is 10.2 Å². The van der Waals surface area contributed by atoms with Crippen LogP contribution in [-0.2, 0) is 10.2 Å². The largest absolute Gasteiger partial charge is 0.392 e. The van der Waals surface area contributed by atoms with E-state index in [9.17, 15) is 8.42 Å². The van der Waals surface area contributed by atoms with Gasteiger partial charge in [-0.3, -0.25) is 0 Å². The number of nitrogens with zero attached hydrogens (tertiary/aromatic N) is 1. The van der Waals surface area contributed by atoms with E-state index in [1.807, 2.05) is 0 Å². The Balaban J connectivity index is 2.14. The van der Waals surface area contributed by atoms with Crippen LogP contribution in [0.1, 0.15) is 51.9 Å². The summed E-state index contributed by atoms with van der Waals surface area (Å²) in [6, 6.07) is 0. The van der Waals surface area contributed by atoms with E-state index in [0.717, 1.165) is 32.1 Å². The van der Waals surface area contributed by atoms with E-state index < -0.39 is 15.7 Å². The van der Waals surface area contributed by atoms with Crippen molar-refractivity contribution in [3.8, 4) is 0 Å². The molecule has 1 heterocycles. The van der Waals surface area contributed by atoms with Gasteiger partial charge in [-0.05, 0) is 31.6 Å². The predicted molar refractivity (Wildman–Crippen MR) is 84.6 cm³/mol. The highest BCUT2D eigenvalue weighted by Gasteiger charge is 2.41. The van der Waals surface area contributed by atoms with Gasteiger partial charge in [0.15, 0.2) is 0 Å². The molecule has 0 bridgehead atoms. The lowest BCUT2D eigenvalue weighted by Gasteiger charge is -2.39. The minimum absolute atomic E-state index is 0.283. The molecule has 7 heteroatoms. The summed E-state index contributed by atoms with van der Waals surface area (Å²) < 4.78 is 29.6. The van der Waals surface area contributed by atoms with Gasteiger partial charge >= 0.3 is 0 Å². The van der Waals surface area contributed by atoms with Gasteiger partial charge < -0.3 is 5.73 Å². The monoisotopic (exact) mass is 319 g/mol. The van der Waals surface area contributed by atoms with Crippen molar-refractivity contribution in [1.82, 2.24) is 9.03 Å². The molecule has 1 unspecified atom stereocenters. The minimum Gasteiger partial charge on any atom is -0.392 e. The van der Waals surface area contributed by atoms with Crippen LogP contribution in [0.3, 0.4) is 0 Å².